The van der Waals surface area contributed by atoms with Crippen molar-refractivity contribution in [3.8, 4) is 0 Å². The van der Waals surface area contributed by atoms with E-state index in [2.05, 4.69) is 58.7 Å². The van der Waals surface area contributed by atoms with Gasteiger partial charge in [-0.2, -0.15) is 0 Å². The van der Waals surface area contributed by atoms with Crippen LogP contribution in [0.4, 0.5) is 11.4 Å². The van der Waals surface area contributed by atoms with Gasteiger partial charge in [0.15, 0.2) is 0 Å². The molecule has 1 N–H and O–H groups in total. The molecule has 36 heavy (non-hydrogen) atoms. The molecule has 4 heteroatoms. The maximum absolute atomic E-state index is 13.7. The molecule has 5 rings (SSSR count). The Bertz CT molecular complexity index is 1310. The van der Waals surface area contributed by atoms with Crippen molar-refractivity contribution in [2.75, 3.05) is 16.8 Å². The lowest BCUT2D eigenvalue weighted by atomic mass is 9.84. The van der Waals surface area contributed by atoms with Gasteiger partial charge in [-0.25, -0.2) is 4.79 Å². The summed E-state index contributed by atoms with van der Waals surface area (Å²) < 4.78 is 5.66. The molecule has 1 heterocycles. The van der Waals surface area contributed by atoms with Crippen LogP contribution in [0.1, 0.15) is 36.6 Å². The van der Waals surface area contributed by atoms with Crippen molar-refractivity contribution in [3.63, 3.8) is 0 Å². The van der Waals surface area contributed by atoms with Gasteiger partial charge >= 0.3 is 5.97 Å². The molecule has 0 unspecified atom stereocenters. The highest BCUT2D eigenvalue weighted by Gasteiger charge is 2.41. The number of ether oxygens (including phenoxy) is 1. The van der Waals surface area contributed by atoms with Crippen LogP contribution in [0.15, 0.2) is 133 Å². The molecule has 1 aliphatic heterocycles. The predicted molar refractivity (Wildman–Crippen MR) is 146 cm³/mol. The van der Waals surface area contributed by atoms with Crippen LogP contribution in [0.2, 0.25) is 0 Å². The predicted octanol–water partition coefficient (Wildman–Crippen LogP) is 7.31. The van der Waals surface area contributed by atoms with E-state index in [1.807, 2.05) is 79.7 Å². The Morgan fingerprint density at radius 2 is 1.31 bits per heavy atom. The molecular weight excluding hydrogens is 444 g/mol. The lowest BCUT2D eigenvalue weighted by molar-refractivity contribution is -0.139. The summed E-state index contributed by atoms with van der Waals surface area (Å²) in [6, 6.07) is 40.8. The molecule has 0 saturated carbocycles. The molecule has 0 saturated heterocycles. The first-order chi connectivity index (χ1) is 17.8. The number of esters is 1. The molecule has 4 aromatic carbocycles. The maximum atomic E-state index is 13.7. The van der Waals surface area contributed by atoms with Crippen molar-refractivity contribution in [3.05, 3.63) is 144 Å². The molecule has 0 amide bonds. The fraction of sp³-hybridized carbons (Fsp3) is 0.156. The van der Waals surface area contributed by atoms with E-state index in [0.29, 0.717) is 18.6 Å². The summed E-state index contributed by atoms with van der Waals surface area (Å²) in [5.74, 6) is -0.294. The summed E-state index contributed by atoms with van der Waals surface area (Å²) in [5, 5.41) is 3.59. The van der Waals surface area contributed by atoms with Gasteiger partial charge in [-0.15, -0.1) is 0 Å². The summed E-state index contributed by atoms with van der Waals surface area (Å²) >= 11 is 0. The van der Waals surface area contributed by atoms with Crippen LogP contribution in [0.25, 0.3) is 0 Å². The number of benzene rings is 4. The second kappa shape index (κ2) is 11.0. The van der Waals surface area contributed by atoms with Crippen molar-refractivity contribution < 1.29 is 9.53 Å². The third-order valence-corrected chi connectivity index (χ3v) is 6.53. The van der Waals surface area contributed by atoms with E-state index in [0.717, 1.165) is 22.6 Å². The number of nitrogens with zero attached hydrogens (tertiary/aromatic N) is 1. The van der Waals surface area contributed by atoms with Crippen LogP contribution in [0.3, 0.4) is 0 Å². The molecule has 2 atom stereocenters. The van der Waals surface area contributed by atoms with Gasteiger partial charge in [0.05, 0.1) is 24.3 Å². The van der Waals surface area contributed by atoms with Crippen LogP contribution < -0.4 is 10.2 Å². The van der Waals surface area contributed by atoms with Crippen molar-refractivity contribution in [1.82, 2.24) is 0 Å². The zero-order valence-corrected chi connectivity index (χ0v) is 20.4. The average molecular weight is 475 g/mol. The Morgan fingerprint density at radius 3 is 1.89 bits per heavy atom. The van der Waals surface area contributed by atoms with E-state index in [1.165, 1.54) is 5.56 Å². The third-order valence-electron chi connectivity index (χ3n) is 6.53. The first kappa shape index (κ1) is 23.4. The highest BCUT2D eigenvalue weighted by molar-refractivity contribution is 5.93. The van der Waals surface area contributed by atoms with Crippen molar-refractivity contribution in [2.24, 2.45) is 0 Å². The van der Waals surface area contributed by atoms with Gasteiger partial charge in [0.2, 0.25) is 0 Å². The first-order valence-corrected chi connectivity index (χ1v) is 12.4. The Morgan fingerprint density at radius 1 is 0.778 bits per heavy atom. The molecule has 180 valence electrons. The summed E-state index contributed by atoms with van der Waals surface area (Å²) in [6.45, 7) is 2.17. The molecule has 0 radical (unpaired) electrons. The smallest absolute Gasteiger partial charge is 0.338 e. The highest BCUT2D eigenvalue weighted by Crippen LogP contribution is 2.48. The maximum Gasteiger partial charge on any atom is 0.338 e. The summed E-state index contributed by atoms with van der Waals surface area (Å²) in [4.78, 5) is 16.0. The summed E-state index contributed by atoms with van der Waals surface area (Å²) in [7, 11) is 0. The molecule has 0 spiro atoms. The van der Waals surface area contributed by atoms with Gasteiger partial charge in [-0.1, -0.05) is 97.1 Å². The zero-order chi connectivity index (χ0) is 24.7. The lowest BCUT2D eigenvalue weighted by Crippen LogP contribution is -2.41. The van der Waals surface area contributed by atoms with Gasteiger partial charge in [0, 0.05) is 23.5 Å². The molecule has 4 nitrogen and oxygen atoms in total. The van der Waals surface area contributed by atoms with E-state index in [1.54, 1.807) is 0 Å². The molecule has 0 aromatic heterocycles. The Hall–Kier alpha value is -4.31. The number of carbonyl (C=O) groups excluding carboxylic acids is 1. The van der Waals surface area contributed by atoms with E-state index >= 15 is 0 Å². The summed E-state index contributed by atoms with van der Waals surface area (Å²) in [6.07, 6.45) is 0.630. The quantitative estimate of drug-likeness (QED) is 0.285. The van der Waals surface area contributed by atoms with Crippen LogP contribution in [0.5, 0.6) is 0 Å². The molecule has 0 fully saturated rings. The number of nitrogens with one attached hydrogen (secondary N) is 1. The van der Waals surface area contributed by atoms with Gasteiger partial charge < -0.3 is 15.0 Å². The van der Waals surface area contributed by atoms with Crippen LogP contribution in [-0.4, -0.2) is 12.6 Å². The highest BCUT2D eigenvalue weighted by atomic mass is 16.5. The van der Waals surface area contributed by atoms with Crippen molar-refractivity contribution in [1.29, 1.82) is 0 Å². The molecule has 1 aliphatic rings. The number of rotatable bonds is 7. The summed E-state index contributed by atoms with van der Waals surface area (Å²) in [5.41, 5.74) is 5.76. The largest absolute Gasteiger partial charge is 0.463 e. The minimum atomic E-state index is -0.335. The fourth-order valence-corrected chi connectivity index (χ4v) is 4.99. The van der Waals surface area contributed by atoms with Gasteiger partial charge in [0.25, 0.3) is 0 Å². The Kier molecular flexibility index (Phi) is 7.13. The zero-order valence-electron chi connectivity index (χ0n) is 20.4. The molecular formula is C32H30N2O2. The monoisotopic (exact) mass is 474 g/mol. The number of hydrogen-bond donors (Lipinski definition) is 1. The van der Waals surface area contributed by atoms with Crippen LogP contribution in [-0.2, 0) is 9.53 Å². The number of hydrogen-bond acceptors (Lipinski definition) is 4. The van der Waals surface area contributed by atoms with Gasteiger partial charge in [-0.05, 0) is 42.3 Å². The molecule has 0 aliphatic carbocycles. The van der Waals surface area contributed by atoms with E-state index in [-0.39, 0.29) is 18.1 Å². The van der Waals surface area contributed by atoms with E-state index in [4.69, 9.17) is 4.74 Å². The first-order valence-electron chi connectivity index (χ1n) is 12.4. The van der Waals surface area contributed by atoms with E-state index in [9.17, 15) is 4.79 Å². The van der Waals surface area contributed by atoms with Crippen LogP contribution in [0, 0.1) is 0 Å². The standard InChI is InChI=1S/C32H30N2O2/c1-2-36-32(35)30-28(33-26-19-11-5-12-20-26)23-29(24-15-7-3-8-16-24)34(27-21-13-6-14-22-27)31(30)25-17-9-4-10-18-25/h3-22,29,31,33H,2,23H2,1H3/t29-,31+/m1/s1. The van der Waals surface area contributed by atoms with Crippen LogP contribution >= 0.6 is 0 Å². The SMILES string of the molecule is CCOC(=O)C1=C(Nc2ccccc2)C[C@H](c2ccccc2)N(c2ccccc2)[C@H]1c1ccccc1. The Balaban J connectivity index is 1.76. The van der Waals surface area contributed by atoms with Gasteiger partial charge in [-0.3, -0.25) is 0 Å². The fourth-order valence-electron chi connectivity index (χ4n) is 4.99. The second-order valence-electron chi connectivity index (χ2n) is 8.79. The topological polar surface area (TPSA) is 41.6 Å². The third kappa shape index (κ3) is 4.89. The number of para-hydroxylation sites is 2. The number of anilines is 2. The average Bonchev–Trinajstić information content (AvgIpc) is 2.94. The minimum absolute atomic E-state index is 0.00296. The lowest BCUT2D eigenvalue weighted by Gasteiger charge is -2.46. The second-order valence-corrected chi connectivity index (χ2v) is 8.79. The van der Waals surface area contributed by atoms with Crippen molar-refractivity contribution >= 4 is 17.3 Å². The van der Waals surface area contributed by atoms with E-state index < -0.39 is 0 Å². The Labute approximate surface area is 212 Å². The van der Waals surface area contributed by atoms with Crippen molar-refractivity contribution in [2.45, 2.75) is 25.4 Å². The van der Waals surface area contributed by atoms with Gasteiger partial charge in [0.1, 0.15) is 0 Å². The molecule has 4 aromatic rings. The number of carbonyl (C=O) groups is 1. The normalized spacial score (nSPS) is 17.5. The molecule has 0 bridgehead atoms. The minimum Gasteiger partial charge on any atom is -0.463 e.